The fourth-order valence-corrected chi connectivity index (χ4v) is 3.62. The van der Waals surface area contributed by atoms with Gasteiger partial charge in [0.05, 0.1) is 19.8 Å². The van der Waals surface area contributed by atoms with Crippen LogP contribution in [-0.4, -0.2) is 31.6 Å². The molecule has 130 valence electrons. The van der Waals surface area contributed by atoms with Crippen LogP contribution in [0.25, 0.3) is 16.0 Å². The van der Waals surface area contributed by atoms with Gasteiger partial charge in [-0.3, -0.25) is 0 Å². The van der Waals surface area contributed by atoms with Crippen LogP contribution in [0.4, 0.5) is 5.69 Å². The van der Waals surface area contributed by atoms with Gasteiger partial charge in [0, 0.05) is 6.54 Å². The minimum atomic E-state index is 0.650. The Morgan fingerprint density at radius 2 is 2.08 bits per heavy atom. The molecule has 0 radical (unpaired) electrons. The van der Waals surface area contributed by atoms with E-state index in [1.54, 1.807) is 0 Å². The van der Waals surface area contributed by atoms with Crippen LogP contribution in [0.1, 0.15) is 24.0 Å². The summed E-state index contributed by atoms with van der Waals surface area (Å²) < 4.78 is 6.02. The van der Waals surface area contributed by atoms with Gasteiger partial charge in [0.2, 0.25) is 0 Å². The second-order valence-electron chi connectivity index (χ2n) is 7.16. The van der Waals surface area contributed by atoms with Gasteiger partial charge in [0.15, 0.2) is 5.69 Å². The second-order valence-corrected chi connectivity index (χ2v) is 7.16. The number of hydrogen-bond donors (Lipinski definition) is 0. The summed E-state index contributed by atoms with van der Waals surface area (Å²) >= 11 is 0. The lowest BCUT2D eigenvalue weighted by atomic mass is 9.99. The highest BCUT2D eigenvalue weighted by atomic mass is 16.5. The van der Waals surface area contributed by atoms with E-state index in [0.29, 0.717) is 18.2 Å². The van der Waals surface area contributed by atoms with Crippen LogP contribution in [0.15, 0.2) is 42.5 Å². The Balaban J connectivity index is 1.66. The van der Waals surface area contributed by atoms with Crippen LogP contribution in [0, 0.1) is 19.4 Å². The number of piperidine rings is 1. The van der Waals surface area contributed by atoms with E-state index in [-0.39, 0.29) is 0 Å². The number of rotatable bonds is 5. The lowest BCUT2D eigenvalue weighted by Gasteiger charge is -2.29. The molecule has 1 aliphatic rings. The molecule has 0 amide bonds. The summed E-state index contributed by atoms with van der Waals surface area (Å²) in [5.41, 5.74) is 5.35. The lowest BCUT2D eigenvalue weighted by Crippen LogP contribution is -2.34. The predicted octanol–water partition coefficient (Wildman–Crippen LogP) is 5.07. The molecule has 0 aliphatic carbocycles. The molecule has 1 heterocycles. The quantitative estimate of drug-likeness (QED) is 0.710. The van der Waals surface area contributed by atoms with Crippen LogP contribution >= 0.6 is 0 Å². The van der Waals surface area contributed by atoms with E-state index in [2.05, 4.69) is 48.0 Å². The smallest absolute Gasteiger partial charge is 0.187 e. The summed E-state index contributed by atoms with van der Waals surface area (Å²) in [6.07, 6.45) is 2.54. The van der Waals surface area contributed by atoms with Gasteiger partial charge >= 0.3 is 0 Å². The summed E-state index contributed by atoms with van der Waals surface area (Å²) in [5.74, 6) is 0.651. The van der Waals surface area contributed by atoms with E-state index >= 15 is 0 Å². The van der Waals surface area contributed by atoms with Crippen molar-refractivity contribution in [2.75, 3.05) is 26.7 Å². The monoisotopic (exact) mass is 334 g/mol. The van der Waals surface area contributed by atoms with Gasteiger partial charge in [-0.1, -0.05) is 35.9 Å². The zero-order valence-electron chi connectivity index (χ0n) is 15.2. The predicted molar refractivity (Wildman–Crippen MR) is 103 cm³/mol. The summed E-state index contributed by atoms with van der Waals surface area (Å²) in [5, 5.41) is 0. The molecule has 3 heteroatoms. The third-order valence-electron chi connectivity index (χ3n) is 4.79. The third kappa shape index (κ3) is 4.92. The molecule has 3 nitrogen and oxygen atoms in total. The summed E-state index contributed by atoms with van der Waals surface area (Å²) in [6.45, 7) is 13.1. The average Bonchev–Trinajstić information content (AvgIpc) is 2.61. The molecule has 0 saturated carbocycles. The van der Waals surface area contributed by atoms with Crippen LogP contribution in [0.5, 0.6) is 0 Å². The van der Waals surface area contributed by atoms with Gasteiger partial charge < -0.3 is 9.64 Å². The minimum Gasteiger partial charge on any atom is -0.376 e. The molecule has 1 aliphatic heterocycles. The molecule has 0 bridgehead atoms. The highest BCUT2D eigenvalue weighted by molar-refractivity contribution is 5.69. The second kappa shape index (κ2) is 8.29. The molecular formula is C22H26N2O. The Bertz CT molecular complexity index is 763. The van der Waals surface area contributed by atoms with E-state index in [1.165, 1.54) is 30.5 Å². The molecule has 1 atom stereocenters. The summed E-state index contributed by atoms with van der Waals surface area (Å²) in [6, 6.07) is 14.3. The normalized spacial score (nSPS) is 18.0. The average molecular weight is 334 g/mol. The summed E-state index contributed by atoms with van der Waals surface area (Å²) in [4.78, 5) is 5.93. The number of nitrogens with zero attached hydrogens (tertiary/aromatic N) is 2. The van der Waals surface area contributed by atoms with Crippen molar-refractivity contribution in [2.45, 2.75) is 26.4 Å². The van der Waals surface area contributed by atoms with E-state index in [0.717, 1.165) is 24.3 Å². The maximum Gasteiger partial charge on any atom is 0.187 e. The molecule has 1 fully saturated rings. The molecule has 1 saturated heterocycles. The van der Waals surface area contributed by atoms with E-state index in [1.807, 2.05) is 18.2 Å². The van der Waals surface area contributed by atoms with E-state index in [4.69, 9.17) is 11.3 Å². The topological polar surface area (TPSA) is 16.8 Å². The third-order valence-corrected chi connectivity index (χ3v) is 4.79. The van der Waals surface area contributed by atoms with Crippen LogP contribution in [0.3, 0.4) is 0 Å². The van der Waals surface area contributed by atoms with Gasteiger partial charge in [-0.25, -0.2) is 4.85 Å². The molecule has 0 aromatic heterocycles. The highest BCUT2D eigenvalue weighted by Crippen LogP contribution is 2.26. The largest absolute Gasteiger partial charge is 0.376 e. The zero-order chi connectivity index (χ0) is 17.6. The molecule has 3 rings (SSSR count). The highest BCUT2D eigenvalue weighted by Gasteiger charge is 2.17. The number of likely N-dealkylation sites (tertiary alicyclic amines) is 1. The Morgan fingerprint density at radius 1 is 1.20 bits per heavy atom. The Morgan fingerprint density at radius 3 is 2.88 bits per heavy atom. The molecule has 2 aromatic rings. The van der Waals surface area contributed by atoms with Crippen molar-refractivity contribution in [3.63, 3.8) is 0 Å². The van der Waals surface area contributed by atoms with Crippen molar-refractivity contribution in [1.82, 2.24) is 4.90 Å². The first-order valence-corrected chi connectivity index (χ1v) is 8.99. The van der Waals surface area contributed by atoms with E-state index in [9.17, 15) is 0 Å². The molecule has 0 N–H and O–H groups in total. The first kappa shape index (κ1) is 17.7. The number of benzene rings is 2. The standard InChI is InChI=1S/C22H26N2O/c1-17-10-19(16-25-15-18-6-5-9-24(3)14-18)12-21(11-17)20-7-4-8-22(13-20)23-2/h4,7-8,10-13,18H,5-6,9,14-16H2,1,3H3. The van der Waals surface area contributed by atoms with Crippen LogP contribution in [0.2, 0.25) is 0 Å². The number of ether oxygens (including phenoxy) is 1. The fraction of sp³-hybridized carbons (Fsp3) is 0.409. The Hall–Kier alpha value is -2.15. The lowest BCUT2D eigenvalue weighted by molar-refractivity contribution is 0.0579. The molecule has 2 aromatic carbocycles. The maximum atomic E-state index is 7.19. The Kier molecular flexibility index (Phi) is 5.86. The molecule has 0 spiro atoms. The number of aryl methyl sites for hydroxylation is 1. The van der Waals surface area contributed by atoms with Gasteiger partial charge in [0.25, 0.3) is 0 Å². The van der Waals surface area contributed by atoms with Gasteiger partial charge in [0.1, 0.15) is 0 Å². The minimum absolute atomic E-state index is 0.650. The van der Waals surface area contributed by atoms with Gasteiger partial charge in [-0.15, -0.1) is 0 Å². The van der Waals surface area contributed by atoms with Crippen LogP contribution < -0.4 is 0 Å². The maximum absolute atomic E-state index is 7.19. The molecular weight excluding hydrogens is 308 g/mol. The van der Waals surface area contributed by atoms with Crippen molar-refractivity contribution in [2.24, 2.45) is 5.92 Å². The molecule has 1 unspecified atom stereocenters. The first-order chi connectivity index (χ1) is 12.1. The first-order valence-electron chi connectivity index (χ1n) is 8.99. The zero-order valence-corrected chi connectivity index (χ0v) is 15.2. The van der Waals surface area contributed by atoms with Crippen LogP contribution in [-0.2, 0) is 11.3 Å². The Labute approximate surface area is 151 Å². The fourth-order valence-electron chi connectivity index (χ4n) is 3.62. The SMILES string of the molecule is [C-]#[N+]c1cccc(-c2cc(C)cc(COCC3CCCN(C)C3)c2)c1. The van der Waals surface area contributed by atoms with Crippen molar-refractivity contribution >= 4 is 5.69 Å². The summed E-state index contributed by atoms with van der Waals surface area (Å²) in [7, 11) is 2.19. The molecule has 25 heavy (non-hydrogen) atoms. The van der Waals surface area contributed by atoms with Gasteiger partial charge in [-0.05, 0) is 68.1 Å². The van der Waals surface area contributed by atoms with Crippen molar-refractivity contribution in [3.8, 4) is 11.1 Å². The van der Waals surface area contributed by atoms with Crippen molar-refractivity contribution in [1.29, 1.82) is 0 Å². The van der Waals surface area contributed by atoms with Crippen molar-refractivity contribution < 1.29 is 4.74 Å². The van der Waals surface area contributed by atoms with Crippen molar-refractivity contribution in [3.05, 3.63) is 65.0 Å². The van der Waals surface area contributed by atoms with Gasteiger partial charge in [-0.2, -0.15) is 0 Å². The number of hydrogen-bond acceptors (Lipinski definition) is 2. The van der Waals surface area contributed by atoms with E-state index < -0.39 is 0 Å².